The summed E-state index contributed by atoms with van der Waals surface area (Å²) in [6.45, 7) is 0.229. The Morgan fingerprint density at radius 2 is 2.42 bits per heavy atom. The van der Waals surface area contributed by atoms with Crippen LogP contribution in [0.4, 0.5) is 0 Å². The highest BCUT2D eigenvalue weighted by molar-refractivity contribution is 6.44. The Bertz CT molecular complexity index is 246. The average Bonchev–Trinajstić information content (AvgIpc) is 2.51. The van der Waals surface area contributed by atoms with Crippen molar-refractivity contribution in [1.29, 1.82) is 0 Å². The molecule has 0 saturated heterocycles. The van der Waals surface area contributed by atoms with E-state index < -0.39 is 4.84 Å². The third-order valence-electron chi connectivity index (χ3n) is 1.20. The number of carbonyl (C=O) groups excluding carboxylic acids is 1. The molecule has 0 aliphatic carbocycles. The molecular weight excluding hydrogens is 201 g/mol. The summed E-state index contributed by atoms with van der Waals surface area (Å²) in [4.78, 5) is 10.5. The molecule has 0 unspecified atom stereocenters. The van der Waals surface area contributed by atoms with Crippen molar-refractivity contribution in [3.05, 3.63) is 24.2 Å². The van der Waals surface area contributed by atoms with E-state index in [4.69, 9.17) is 27.6 Å². The van der Waals surface area contributed by atoms with Gasteiger partial charge in [0.15, 0.2) is 0 Å². The average molecular weight is 208 g/mol. The molecule has 0 bridgehead atoms. The van der Waals surface area contributed by atoms with Gasteiger partial charge in [0.1, 0.15) is 11.1 Å². The number of hydrogen-bond donors (Lipinski definition) is 1. The molecule has 1 aromatic heterocycles. The number of furan rings is 1. The third kappa shape index (κ3) is 2.75. The highest BCUT2D eigenvalue weighted by Crippen LogP contribution is 2.01. The van der Waals surface area contributed by atoms with Crippen molar-refractivity contribution in [3.8, 4) is 0 Å². The van der Waals surface area contributed by atoms with Crippen LogP contribution in [-0.2, 0) is 0 Å². The van der Waals surface area contributed by atoms with Crippen LogP contribution in [0, 0.1) is 0 Å². The van der Waals surface area contributed by atoms with Crippen LogP contribution in [0.3, 0.4) is 0 Å². The Morgan fingerprint density at radius 3 is 2.92 bits per heavy atom. The zero-order chi connectivity index (χ0) is 8.97. The lowest BCUT2D eigenvalue weighted by atomic mass is 10.3. The minimum atomic E-state index is -0.583. The second kappa shape index (κ2) is 4.38. The van der Waals surface area contributed by atoms with Crippen LogP contribution in [0.15, 0.2) is 23.0 Å². The molecule has 0 aromatic carbocycles. The predicted octanol–water partition coefficient (Wildman–Crippen LogP) is 1.81. The molecule has 0 aliphatic heterocycles. The van der Waals surface area contributed by atoms with E-state index >= 15 is 0 Å². The number of rotatable bonds is 3. The second-order valence-electron chi connectivity index (χ2n) is 2.11. The molecule has 0 saturated carbocycles. The summed E-state index contributed by atoms with van der Waals surface area (Å²) in [6, 6.07) is 1.56. The third-order valence-corrected chi connectivity index (χ3v) is 1.51. The lowest BCUT2D eigenvalue weighted by molar-refractivity contribution is 0.0954. The summed E-state index contributed by atoms with van der Waals surface area (Å²) in [6.07, 6.45) is 2.78. The van der Waals surface area contributed by atoms with Gasteiger partial charge >= 0.3 is 0 Å². The molecule has 1 N–H and O–H groups in total. The first-order valence-corrected chi connectivity index (χ1v) is 4.16. The number of amides is 1. The van der Waals surface area contributed by atoms with Gasteiger partial charge in [-0.05, 0) is 6.07 Å². The smallest absolute Gasteiger partial charge is 0.254 e. The van der Waals surface area contributed by atoms with Gasteiger partial charge in [0.2, 0.25) is 0 Å². The van der Waals surface area contributed by atoms with Crippen molar-refractivity contribution in [2.75, 3.05) is 6.54 Å². The fourth-order valence-electron chi connectivity index (χ4n) is 0.666. The summed E-state index contributed by atoms with van der Waals surface area (Å²) < 4.78 is 4.72. The van der Waals surface area contributed by atoms with Gasteiger partial charge in [-0.2, -0.15) is 0 Å². The molecule has 66 valence electrons. The molecule has 0 radical (unpaired) electrons. The summed E-state index contributed by atoms with van der Waals surface area (Å²) >= 11 is 10.8. The largest absolute Gasteiger partial charge is 0.472 e. The number of hydrogen-bond acceptors (Lipinski definition) is 2. The maximum absolute atomic E-state index is 11.1. The van der Waals surface area contributed by atoms with Crippen molar-refractivity contribution < 1.29 is 9.21 Å². The first-order chi connectivity index (χ1) is 5.70. The van der Waals surface area contributed by atoms with Gasteiger partial charge in [-0.1, -0.05) is 0 Å². The Balaban J connectivity index is 2.40. The van der Waals surface area contributed by atoms with Gasteiger partial charge in [-0.25, -0.2) is 0 Å². The Labute approximate surface area is 79.6 Å². The Morgan fingerprint density at radius 1 is 1.67 bits per heavy atom. The molecule has 0 fully saturated rings. The maximum atomic E-state index is 11.1. The molecule has 1 amide bonds. The summed E-state index contributed by atoms with van der Waals surface area (Å²) in [5.41, 5.74) is 0.462. The Kier molecular flexibility index (Phi) is 3.44. The lowest BCUT2D eigenvalue weighted by Crippen LogP contribution is -2.27. The quantitative estimate of drug-likeness (QED) is 0.769. The predicted molar refractivity (Wildman–Crippen MR) is 46.5 cm³/mol. The summed E-state index contributed by atoms with van der Waals surface area (Å²) in [5, 5.41) is 2.52. The van der Waals surface area contributed by atoms with E-state index in [1.54, 1.807) is 6.07 Å². The van der Waals surface area contributed by atoms with Crippen LogP contribution < -0.4 is 5.32 Å². The molecule has 12 heavy (non-hydrogen) atoms. The van der Waals surface area contributed by atoms with Crippen molar-refractivity contribution in [3.63, 3.8) is 0 Å². The van der Waals surface area contributed by atoms with E-state index in [0.29, 0.717) is 5.56 Å². The van der Waals surface area contributed by atoms with Gasteiger partial charge in [0, 0.05) is 6.54 Å². The van der Waals surface area contributed by atoms with E-state index in [9.17, 15) is 4.79 Å². The first kappa shape index (κ1) is 9.42. The van der Waals surface area contributed by atoms with Crippen molar-refractivity contribution in [1.82, 2.24) is 5.32 Å². The normalized spacial score (nSPS) is 10.2. The summed E-state index contributed by atoms with van der Waals surface area (Å²) in [5.74, 6) is -0.241. The van der Waals surface area contributed by atoms with E-state index in [1.807, 2.05) is 0 Å². The molecular formula is C7H7Cl2NO2. The van der Waals surface area contributed by atoms with E-state index in [-0.39, 0.29) is 12.5 Å². The molecule has 0 atom stereocenters. The maximum Gasteiger partial charge on any atom is 0.254 e. The number of nitrogens with one attached hydrogen (secondary N) is 1. The zero-order valence-electron chi connectivity index (χ0n) is 6.09. The lowest BCUT2D eigenvalue weighted by Gasteiger charge is -2.02. The van der Waals surface area contributed by atoms with E-state index in [2.05, 4.69) is 5.32 Å². The highest BCUT2D eigenvalue weighted by Gasteiger charge is 2.07. The topological polar surface area (TPSA) is 42.2 Å². The number of halogens is 2. The van der Waals surface area contributed by atoms with Crippen molar-refractivity contribution >= 4 is 29.1 Å². The molecule has 1 rings (SSSR count). The van der Waals surface area contributed by atoms with Crippen LogP contribution >= 0.6 is 23.2 Å². The number of alkyl halides is 2. The fourth-order valence-corrected chi connectivity index (χ4v) is 0.820. The monoisotopic (exact) mass is 207 g/mol. The van der Waals surface area contributed by atoms with Gasteiger partial charge in [0.05, 0.1) is 11.8 Å². The molecule has 5 heteroatoms. The van der Waals surface area contributed by atoms with Crippen LogP contribution in [0.2, 0.25) is 0 Å². The minimum absolute atomic E-state index is 0.229. The molecule has 1 heterocycles. The van der Waals surface area contributed by atoms with Crippen molar-refractivity contribution in [2.24, 2.45) is 0 Å². The van der Waals surface area contributed by atoms with Crippen LogP contribution in [0.25, 0.3) is 0 Å². The van der Waals surface area contributed by atoms with Crippen LogP contribution in [0.1, 0.15) is 10.4 Å². The number of carbonyl (C=O) groups is 1. The molecule has 0 aliphatic rings. The zero-order valence-corrected chi connectivity index (χ0v) is 7.60. The fraction of sp³-hybridized carbons (Fsp3) is 0.286. The minimum Gasteiger partial charge on any atom is -0.472 e. The van der Waals surface area contributed by atoms with Crippen molar-refractivity contribution in [2.45, 2.75) is 4.84 Å². The van der Waals surface area contributed by atoms with E-state index in [0.717, 1.165) is 0 Å². The van der Waals surface area contributed by atoms with Crippen LogP contribution in [0.5, 0.6) is 0 Å². The molecule has 3 nitrogen and oxygen atoms in total. The molecule has 1 aromatic rings. The van der Waals surface area contributed by atoms with Gasteiger partial charge in [0.25, 0.3) is 5.91 Å². The Hall–Kier alpha value is -0.670. The first-order valence-electron chi connectivity index (χ1n) is 3.28. The summed E-state index contributed by atoms with van der Waals surface area (Å²) in [7, 11) is 0. The van der Waals surface area contributed by atoms with Gasteiger partial charge in [-0.15, -0.1) is 23.2 Å². The second-order valence-corrected chi connectivity index (χ2v) is 3.39. The van der Waals surface area contributed by atoms with Gasteiger partial charge in [-0.3, -0.25) is 4.79 Å². The van der Waals surface area contributed by atoms with E-state index in [1.165, 1.54) is 12.5 Å². The van der Waals surface area contributed by atoms with Crippen LogP contribution in [-0.4, -0.2) is 17.3 Å². The molecule has 0 spiro atoms. The SMILES string of the molecule is O=C(NCC(Cl)Cl)c1ccoc1. The highest BCUT2D eigenvalue weighted by atomic mass is 35.5. The standard InChI is InChI=1S/C7H7Cl2NO2/c8-6(9)3-10-7(11)5-1-2-12-4-5/h1-2,4,6H,3H2,(H,10,11). The van der Waals surface area contributed by atoms with Gasteiger partial charge < -0.3 is 9.73 Å².